The van der Waals surface area contributed by atoms with Gasteiger partial charge >= 0.3 is 0 Å². The van der Waals surface area contributed by atoms with E-state index in [2.05, 4.69) is 0 Å². The molecule has 0 aromatic heterocycles. The highest BCUT2D eigenvalue weighted by atomic mass is 19.1. The fourth-order valence-corrected chi connectivity index (χ4v) is 4.49. The zero-order chi connectivity index (χ0) is 22.8. The van der Waals surface area contributed by atoms with E-state index in [0.717, 1.165) is 28.8 Å². The first-order valence-corrected chi connectivity index (χ1v) is 10.7. The van der Waals surface area contributed by atoms with Gasteiger partial charge in [-0.2, -0.15) is 0 Å². The topological polar surface area (TPSA) is 59.1 Å². The lowest BCUT2D eigenvalue weighted by molar-refractivity contribution is -0.143. The van der Waals surface area contributed by atoms with Gasteiger partial charge in [-0.15, -0.1) is 0 Å². The third-order valence-electron chi connectivity index (χ3n) is 5.95. The molecule has 0 saturated heterocycles. The number of carbonyl (C=O) groups is 2. The highest BCUT2D eigenvalue weighted by Gasteiger charge is 2.40. The molecule has 4 rings (SSSR count). The monoisotopic (exact) mass is 438 g/mol. The second-order valence-corrected chi connectivity index (χ2v) is 8.27. The van der Waals surface area contributed by atoms with Crippen LogP contribution in [-0.2, 0) is 16.2 Å². The summed E-state index contributed by atoms with van der Waals surface area (Å²) in [4.78, 5) is 25.8. The first-order valence-electron chi connectivity index (χ1n) is 10.7. The van der Waals surface area contributed by atoms with Gasteiger partial charge < -0.3 is 9.47 Å². The number of halogens is 1. The minimum Gasteiger partial charge on any atom is -0.493 e. The summed E-state index contributed by atoms with van der Waals surface area (Å²) in [5.74, 6) is 0.549. The van der Waals surface area contributed by atoms with E-state index in [1.54, 1.807) is 35.3 Å². The molecule has 0 bridgehead atoms. The van der Waals surface area contributed by atoms with E-state index in [4.69, 9.17) is 9.47 Å². The van der Waals surface area contributed by atoms with Crippen LogP contribution < -0.4 is 9.47 Å². The standard InChI is InChI=1S/C25H27FN2O4/c1-27(2)28-20-5-4-6-21(29)25(20)19(14-24(28)30)17-9-12-22(23(13-17)31-3)32-15-16-7-10-18(26)11-8-16/h7-13,19H,4-6,14-15H2,1-3H3. The highest BCUT2D eigenvalue weighted by Crippen LogP contribution is 2.43. The van der Waals surface area contributed by atoms with Gasteiger partial charge in [0.2, 0.25) is 5.91 Å². The van der Waals surface area contributed by atoms with Gasteiger partial charge in [-0.05, 0) is 48.2 Å². The Bertz CT molecular complexity index is 1060. The van der Waals surface area contributed by atoms with Crippen molar-refractivity contribution in [1.29, 1.82) is 0 Å². The number of rotatable bonds is 6. The maximum Gasteiger partial charge on any atom is 0.242 e. The van der Waals surface area contributed by atoms with E-state index in [1.165, 1.54) is 12.1 Å². The summed E-state index contributed by atoms with van der Waals surface area (Å²) in [6.07, 6.45) is 2.18. The van der Waals surface area contributed by atoms with Gasteiger partial charge in [0.1, 0.15) is 12.4 Å². The largest absolute Gasteiger partial charge is 0.493 e. The second-order valence-electron chi connectivity index (χ2n) is 8.27. The predicted octanol–water partition coefficient (Wildman–Crippen LogP) is 4.21. The van der Waals surface area contributed by atoms with E-state index in [-0.39, 0.29) is 36.5 Å². The average molecular weight is 438 g/mol. The van der Waals surface area contributed by atoms with Crippen LogP contribution in [0, 0.1) is 5.82 Å². The summed E-state index contributed by atoms with van der Waals surface area (Å²) in [7, 11) is 5.19. The van der Waals surface area contributed by atoms with Gasteiger partial charge in [-0.25, -0.2) is 14.4 Å². The summed E-state index contributed by atoms with van der Waals surface area (Å²) < 4.78 is 24.5. The number of methoxy groups -OCH3 is 1. The zero-order valence-electron chi connectivity index (χ0n) is 18.6. The molecule has 0 fully saturated rings. The molecular formula is C25H27FN2O4. The molecule has 32 heavy (non-hydrogen) atoms. The van der Waals surface area contributed by atoms with E-state index in [0.29, 0.717) is 24.3 Å². The Morgan fingerprint density at radius 1 is 1.06 bits per heavy atom. The fourth-order valence-electron chi connectivity index (χ4n) is 4.49. The first kappa shape index (κ1) is 22.0. The fraction of sp³-hybridized carbons (Fsp3) is 0.360. The summed E-state index contributed by atoms with van der Waals surface area (Å²) >= 11 is 0. The molecule has 2 aromatic rings. The minimum absolute atomic E-state index is 0.0240. The number of benzene rings is 2. The van der Waals surface area contributed by atoms with Crippen LogP contribution in [0.2, 0.25) is 0 Å². The molecule has 6 nitrogen and oxygen atoms in total. The Morgan fingerprint density at radius 2 is 1.81 bits per heavy atom. The maximum absolute atomic E-state index is 13.1. The van der Waals surface area contributed by atoms with Crippen molar-refractivity contribution in [3.05, 3.63) is 70.7 Å². The molecule has 0 saturated carbocycles. The van der Waals surface area contributed by atoms with Crippen LogP contribution in [0.25, 0.3) is 0 Å². The first-order chi connectivity index (χ1) is 15.4. The van der Waals surface area contributed by atoms with Gasteiger partial charge in [-0.3, -0.25) is 9.59 Å². The number of ketones is 1. The molecule has 2 aliphatic rings. The summed E-state index contributed by atoms with van der Waals surface area (Å²) in [6, 6.07) is 11.7. The SMILES string of the molecule is COc1cc(C2CC(=O)N(N(C)C)C3=C2C(=O)CCC3)ccc1OCc1ccc(F)cc1. The molecule has 1 heterocycles. The minimum atomic E-state index is -0.304. The number of Topliss-reactive ketones (excluding diaryl/α,β-unsaturated/α-hetero) is 1. The van der Waals surface area contributed by atoms with Gasteiger partial charge in [0.25, 0.3) is 0 Å². The van der Waals surface area contributed by atoms with Crippen LogP contribution in [-0.4, -0.2) is 42.9 Å². The number of carbonyl (C=O) groups excluding carboxylic acids is 2. The number of hydrogen-bond acceptors (Lipinski definition) is 5. The van der Waals surface area contributed by atoms with Crippen LogP contribution in [0.1, 0.15) is 42.7 Å². The van der Waals surface area contributed by atoms with Gasteiger partial charge in [0.15, 0.2) is 17.3 Å². The van der Waals surface area contributed by atoms with Crippen molar-refractivity contribution in [2.24, 2.45) is 0 Å². The summed E-state index contributed by atoms with van der Waals surface area (Å²) in [6.45, 7) is 0.267. The molecule has 1 unspecified atom stereocenters. The molecule has 7 heteroatoms. The number of allylic oxidation sites excluding steroid dienone is 2. The summed E-state index contributed by atoms with van der Waals surface area (Å²) in [5.41, 5.74) is 3.22. The average Bonchev–Trinajstić information content (AvgIpc) is 2.78. The van der Waals surface area contributed by atoms with Crippen molar-refractivity contribution < 1.29 is 23.5 Å². The Hall–Kier alpha value is -3.19. The molecule has 1 aliphatic heterocycles. The normalized spacial score (nSPS) is 18.8. The van der Waals surface area contributed by atoms with Crippen molar-refractivity contribution in [2.75, 3.05) is 21.2 Å². The third kappa shape index (κ3) is 4.25. The molecule has 0 radical (unpaired) electrons. The van der Waals surface area contributed by atoms with Crippen molar-refractivity contribution in [1.82, 2.24) is 10.0 Å². The molecule has 1 aliphatic carbocycles. The molecular weight excluding hydrogens is 411 g/mol. The molecule has 0 spiro atoms. The number of hydrogen-bond donors (Lipinski definition) is 0. The van der Waals surface area contributed by atoms with Crippen molar-refractivity contribution in [3.8, 4) is 11.5 Å². The van der Waals surface area contributed by atoms with Gasteiger partial charge in [0.05, 0.1) is 7.11 Å². The molecule has 1 atom stereocenters. The maximum atomic E-state index is 13.1. The van der Waals surface area contributed by atoms with Gasteiger partial charge in [0, 0.05) is 44.1 Å². The third-order valence-corrected chi connectivity index (χ3v) is 5.95. The lowest BCUT2D eigenvalue weighted by atomic mass is 9.77. The van der Waals surface area contributed by atoms with E-state index >= 15 is 0 Å². The van der Waals surface area contributed by atoms with Crippen LogP contribution in [0.4, 0.5) is 4.39 Å². The van der Waals surface area contributed by atoms with Crippen LogP contribution in [0.15, 0.2) is 53.7 Å². The molecule has 168 valence electrons. The predicted molar refractivity (Wildman–Crippen MR) is 118 cm³/mol. The van der Waals surface area contributed by atoms with Crippen LogP contribution >= 0.6 is 0 Å². The van der Waals surface area contributed by atoms with E-state index in [9.17, 15) is 14.0 Å². The number of ether oxygens (including phenoxy) is 2. The Kier molecular flexibility index (Phi) is 6.28. The highest BCUT2D eigenvalue weighted by molar-refractivity contribution is 6.01. The van der Waals surface area contributed by atoms with E-state index in [1.807, 2.05) is 26.2 Å². The zero-order valence-corrected chi connectivity index (χ0v) is 18.6. The van der Waals surface area contributed by atoms with Crippen LogP contribution in [0.5, 0.6) is 11.5 Å². The van der Waals surface area contributed by atoms with Crippen molar-refractivity contribution in [2.45, 2.75) is 38.2 Å². The summed E-state index contributed by atoms with van der Waals surface area (Å²) in [5, 5.41) is 3.39. The molecule has 2 aromatic carbocycles. The number of hydrazine groups is 1. The smallest absolute Gasteiger partial charge is 0.242 e. The van der Waals surface area contributed by atoms with Gasteiger partial charge in [-0.1, -0.05) is 18.2 Å². The Balaban J connectivity index is 1.64. The quantitative estimate of drug-likeness (QED) is 0.676. The van der Waals surface area contributed by atoms with Crippen molar-refractivity contribution in [3.63, 3.8) is 0 Å². The molecule has 0 N–H and O–H groups in total. The van der Waals surface area contributed by atoms with E-state index < -0.39 is 0 Å². The van der Waals surface area contributed by atoms with Crippen molar-refractivity contribution >= 4 is 11.7 Å². The lowest BCUT2D eigenvalue weighted by Gasteiger charge is -2.41. The number of nitrogens with zero attached hydrogens (tertiary/aromatic N) is 2. The Labute approximate surface area is 187 Å². The number of amides is 1. The Morgan fingerprint density at radius 3 is 2.50 bits per heavy atom. The molecule has 1 amide bonds. The van der Waals surface area contributed by atoms with Crippen LogP contribution in [0.3, 0.4) is 0 Å². The lowest BCUT2D eigenvalue weighted by Crippen LogP contribution is -2.47. The second kappa shape index (κ2) is 9.12.